The molecule has 0 bridgehead atoms. The maximum Gasteiger partial charge on any atom is 0.220 e. The second-order valence-electron chi connectivity index (χ2n) is 7.66. The maximum atomic E-state index is 12.6. The van der Waals surface area contributed by atoms with Crippen molar-refractivity contribution in [2.24, 2.45) is 0 Å². The van der Waals surface area contributed by atoms with Crippen molar-refractivity contribution >= 4 is 23.0 Å². The van der Waals surface area contributed by atoms with E-state index in [1.54, 1.807) is 0 Å². The lowest BCUT2D eigenvalue weighted by molar-refractivity contribution is -0.121. The summed E-state index contributed by atoms with van der Waals surface area (Å²) < 4.78 is 2.18. The third-order valence-corrected chi connectivity index (χ3v) is 5.33. The number of imidazole rings is 1. The molecule has 1 atom stereocenters. The summed E-state index contributed by atoms with van der Waals surface area (Å²) in [5.74, 6) is 0.904. The van der Waals surface area contributed by atoms with Crippen LogP contribution < -0.4 is 5.32 Å². The van der Waals surface area contributed by atoms with Gasteiger partial charge in [0, 0.05) is 13.0 Å². The first-order valence-corrected chi connectivity index (χ1v) is 10.7. The van der Waals surface area contributed by atoms with Crippen molar-refractivity contribution in [2.75, 3.05) is 0 Å². The molecule has 156 valence electrons. The van der Waals surface area contributed by atoms with Crippen molar-refractivity contribution in [2.45, 2.75) is 32.4 Å². The molecular weight excluding hydrogens is 382 g/mol. The highest BCUT2D eigenvalue weighted by Gasteiger charge is 2.17. The average molecular weight is 410 g/mol. The molecule has 1 N–H and O–H groups in total. The Hall–Kier alpha value is -3.66. The van der Waals surface area contributed by atoms with Gasteiger partial charge in [0.1, 0.15) is 5.82 Å². The fraction of sp³-hybridized carbons (Fsp3) is 0.185. The van der Waals surface area contributed by atoms with E-state index in [2.05, 4.69) is 52.4 Å². The fourth-order valence-corrected chi connectivity index (χ4v) is 3.76. The number of fused-ring (bicyclic) bond motifs is 1. The Morgan fingerprint density at radius 1 is 0.968 bits per heavy atom. The number of nitrogens with one attached hydrogen (secondary N) is 1. The van der Waals surface area contributed by atoms with Gasteiger partial charge in [0.15, 0.2) is 0 Å². The van der Waals surface area contributed by atoms with Crippen LogP contribution >= 0.6 is 0 Å². The zero-order chi connectivity index (χ0) is 21.5. The second kappa shape index (κ2) is 9.90. The Kier molecular flexibility index (Phi) is 6.58. The molecule has 0 aliphatic heterocycles. The second-order valence-corrected chi connectivity index (χ2v) is 7.66. The van der Waals surface area contributed by atoms with E-state index in [1.807, 2.05) is 61.5 Å². The van der Waals surface area contributed by atoms with Crippen LogP contribution in [0.4, 0.5) is 0 Å². The highest BCUT2D eigenvalue weighted by Crippen LogP contribution is 2.21. The van der Waals surface area contributed by atoms with E-state index < -0.39 is 0 Å². The molecule has 31 heavy (non-hydrogen) atoms. The third-order valence-electron chi connectivity index (χ3n) is 5.33. The quantitative estimate of drug-likeness (QED) is 0.414. The van der Waals surface area contributed by atoms with Crippen LogP contribution in [0.1, 0.15) is 36.3 Å². The molecule has 0 saturated heterocycles. The number of aromatic nitrogens is 2. The number of benzene rings is 3. The van der Waals surface area contributed by atoms with Crippen molar-refractivity contribution in [3.8, 4) is 0 Å². The smallest absolute Gasteiger partial charge is 0.220 e. The van der Waals surface area contributed by atoms with E-state index in [4.69, 9.17) is 4.98 Å². The molecule has 1 aromatic heterocycles. The molecule has 4 nitrogen and oxygen atoms in total. The maximum absolute atomic E-state index is 12.6. The number of allylic oxidation sites excluding steroid dienone is 1. The Balaban J connectivity index is 1.48. The zero-order valence-electron chi connectivity index (χ0n) is 17.7. The molecule has 0 aliphatic rings. The molecule has 1 heterocycles. The SMILES string of the molecule is CC(NC(=O)CCc1ccccc1)c1nc2ccccc2n1C/C=C/c1ccccc1. The van der Waals surface area contributed by atoms with Crippen molar-refractivity contribution in [1.82, 2.24) is 14.9 Å². The van der Waals surface area contributed by atoms with Crippen molar-refractivity contribution in [3.63, 3.8) is 0 Å². The molecule has 0 fully saturated rings. The lowest BCUT2D eigenvalue weighted by Gasteiger charge is -2.15. The summed E-state index contributed by atoms with van der Waals surface area (Å²) in [5, 5.41) is 3.13. The normalized spacial score (nSPS) is 12.3. The van der Waals surface area contributed by atoms with Crippen LogP contribution in [0.25, 0.3) is 17.1 Å². The zero-order valence-corrected chi connectivity index (χ0v) is 17.7. The fourth-order valence-electron chi connectivity index (χ4n) is 3.76. The van der Waals surface area contributed by atoms with E-state index in [9.17, 15) is 4.79 Å². The molecule has 0 spiro atoms. The number of rotatable bonds is 8. The average Bonchev–Trinajstić information content (AvgIpc) is 3.18. The van der Waals surface area contributed by atoms with E-state index in [-0.39, 0.29) is 11.9 Å². The monoisotopic (exact) mass is 409 g/mol. The molecule has 0 aliphatic carbocycles. The summed E-state index contributed by atoms with van der Waals surface area (Å²) in [6.45, 7) is 2.69. The first-order valence-electron chi connectivity index (χ1n) is 10.7. The van der Waals surface area contributed by atoms with Gasteiger partial charge in [-0.1, -0.05) is 84.9 Å². The van der Waals surface area contributed by atoms with E-state index >= 15 is 0 Å². The van der Waals surface area contributed by atoms with Crippen molar-refractivity contribution in [1.29, 1.82) is 0 Å². The lowest BCUT2D eigenvalue weighted by atomic mass is 10.1. The first kappa shape index (κ1) is 20.6. The van der Waals surface area contributed by atoms with Crippen LogP contribution in [0.3, 0.4) is 0 Å². The van der Waals surface area contributed by atoms with Gasteiger partial charge in [-0.2, -0.15) is 0 Å². The van der Waals surface area contributed by atoms with Gasteiger partial charge in [0.25, 0.3) is 0 Å². The van der Waals surface area contributed by atoms with Crippen LogP contribution in [0, 0.1) is 0 Å². The Morgan fingerprint density at radius 2 is 1.65 bits per heavy atom. The minimum atomic E-state index is -0.180. The standard InChI is InChI=1S/C27H27N3O/c1-21(28-26(31)19-18-23-13-6-3-7-14-23)27-29-24-16-8-9-17-25(24)30(27)20-10-15-22-11-4-2-5-12-22/h2-17,21H,18-20H2,1H3,(H,28,31)/b15-10+. The third kappa shape index (κ3) is 5.28. The molecule has 3 aromatic carbocycles. The summed E-state index contributed by atoms with van der Waals surface area (Å²) in [6, 6.07) is 28.3. The van der Waals surface area contributed by atoms with Gasteiger partial charge in [0.2, 0.25) is 5.91 Å². The van der Waals surface area contributed by atoms with Crippen LogP contribution in [-0.4, -0.2) is 15.5 Å². The van der Waals surface area contributed by atoms with Crippen LogP contribution in [0.15, 0.2) is 91.0 Å². The number of hydrogen-bond donors (Lipinski definition) is 1. The van der Waals surface area contributed by atoms with Crippen molar-refractivity contribution in [3.05, 3.63) is 108 Å². The number of aryl methyl sites for hydroxylation is 1. The van der Waals surface area contributed by atoms with Gasteiger partial charge in [-0.3, -0.25) is 4.79 Å². The highest BCUT2D eigenvalue weighted by atomic mass is 16.1. The molecule has 4 aromatic rings. The van der Waals surface area contributed by atoms with Crippen LogP contribution in [0.2, 0.25) is 0 Å². The number of para-hydroxylation sites is 2. The van der Waals surface area contributed by atoms with Gasteiger partial charge in [-0.15, -0.1) is 0 Å². The molecular formula is C27H27N3O. The van der Waals surface area contributed by atoms with Gasteiger partial charge in [-0.25, -0.2) is 4.98 Å². The summed E-state index contributed by atoms with van der Waals surface area (Å²) in [7, 11) is 0. The van der Waals surface area contributed by atoms with E-state index in [0.717, 1.165) is 28.8 Å². The first-order chi connectivity index (χ1) is 15.2. The topological polar surface area (TPSA) is 46.9 Å². The largest absolute Gasteiger partial charge is 0.346 e. The molecule has 4 heteroatoms. The molecule has 0 saturated carbocycles. The summed E-state index contributed by atoms with van der Waals surface area (Å²) in [4.78, 5) is 17.4. The van der Waals surface area contributed by atoms with Crippen LogP contribution in [0.5, 0.6) is 0 Å². The molecule has 4 rings (SSSR count). The minimum absolute atomic E-state index is 0.0368. The van der Waals surface area contributed by atoms with Gasteiger partial charge in [0.05, 0.1) is 17.1 Å². The number of carbonyl (C=O) groups excluding carboxylic acids is 1. The van der Waals surface area contributed by atoms with Gasteiger partial charge >= 0.3 is 0 Å². The Morgan fingerprint density at radius 3 is 2.42 bits per heavy atom. The Labute approximate surface area is 183 Å². The van der Waals surface area contributed by atoms with Crippen LogP contribution in [-0.2, 0) is 17.8 Å². The van der Waals surface area contributed by atoms with E-state index in [0.29, 0.717) is 13.0 Å². The summed E-state index contributed by atoms with van der Waals surface area (Å²) >= 11 is 0. The predicted octanol–water partition coefficient (Wildman–Crippen LogP) is 5.56. The number of amides is 1. The van der Waals surface area contributed by atoms with Gasteiger partial charge < -0.3 is 9.88 Å². The number of nitrogens with zero attached hydrogens (tertiary/aromatic N) is 2. The minimum Gasteiger partial charge on any atom is -0.346 e. The predicted molar refractivity (Wildman–Crippen MR) is 127 cm³/mol. The van der Waals surface area contributed by atoms with Crippen molar-refractivity contribution < 1.29 is 4.79 Å². The molecule has 1 unspecified atom stereocenters. The summed E-state index contributed by atoms with van der Waals surface area (Å²) in [5.41, 5.74) is 4.34. The molecule has 1 amide bonds. The lowest BCUT2D eigenvalue weighted by Crippen LogP contribution is -2.28. The highest BCUT2D eigenvalue weighted by molar-refractivity contribution is 5.78. The van der Waals surface area contributed by atoms with E-state index in [1.165, 1.54) is 5.56 Å². The number of hydrogen-bond acceptors (Lipinski definition) is 2. The Bertz CT molecular complexity index is 1160. The number of carbonyl (C=O) groups is 1. The van der Waals surface area contributed by atoms with Gasteiger partial charge in [-0.05, 0) is 36.6 Å². The molecule has 0 radical (unpaired) electrons. The summed E-state index contributed by atoms with van der Waals surface area (Å²) in [6.07, 6.45) is 5.44.